The second-order valence-corrected chi connectivity index (χ2v) is 5.84. The van der Waals surface area contributed by atoms with Crippen molar-refractivity contribution in [1.82, 2.24) is 4.90 Å². The molecule has 3 rings (SSSR count). The Hall–Kier alpha value is -1.35. The summed E-state index contributed by atoms with van der Waals surface area (Å²) in [7, 11) is 0. The molecule has 0 saturated carbocycles. The molecule has 4 heteroatoms. The van der Waals surface area contributed by atoms with Crippen LogP contribution >= 0.6 is 11.6 Å². The Morgan fingerprint density at radius 2 is 1.68 bits per heavy atom. The highest BCUT2D eigenvalue weighted by Gasteiger charge is 2.40. The first-order valence-corrected chi connectivity index (χ1v) is 7.13. The summed E-state index contributed by atoms with van der Waals surface area (Å²) in [6, 6.07) is 7.19. The van der Waals surface area contributed by atoms with Crippen LogP contribution in [0.1, 0.15) is 42.5 Å². The van der Waals surface area contributed by atoms with Gasteiger partial charge in [0.25, 0.3) is 5.91 Å². The van der Waals surface area contributed by atoms with Crippen molar-refractivity contribution in [3.63, 3.8) is 0 Å². The predicted octanol–water partition coefficient (Wildman–Crippen LogP) is 3.07. The normalized spacial score (nSPS) is 26.4. The van der Waals surface area contributed by atoms with Crippen molar-refractivity contribution in [3.05, 3.63) is 34.9 Å². The Balaban J connectivity index is 1.86. The summed E-state index contributed by atoms with van der Waals surface area (Å²) < 4.78 is 0. The number of hydrogen-bond acceptors (Lipinski definition) is 2. The van der Waals surface area contributed by atoms with E-state index in [9.17, 15) is 9.59 Å². The molecule has 2 aliphatic rings. The van der Waals surface area contributed by atoms with E-state index >= 15 is 0 Å². The van der Waals surface area contributed by atoms with E-state index in [4.69, 9.17) is 11.6 Å². The Labute approximate surface area is 117 Å². The van der Waals surface area contributed by atoms with E-state index in [1.807, 2.05) is 4.90 Å². The Morgan fingerprint density at radius 1 is 1.11 bits per heavy atom. The molecule has 1 amide bonds. The largest absolute Gasteiger partial charge is 0.332 e. The third-order valence-corrected chi connectivity index (χ3v) is 4.37. The molecule has 1 aromatic carbocycles. The van der Waals surface area contributed by atoms with E-state index in [-0.39, 0.29) is 18.0 Å². The number of rotatable bonds is 1. The predicted molar refractivity (Wildman–Crippen MR) is 73.3 cm³/mol. The topological polar surface area (TPSA) is 37.4 Å². The van der Waals surface area contributed by atoms with Gasteiger partial charge in [0.05, 0.1) is 0 Å². The van der Waals surface area contributed by atoms with E-state index in [0.717, 1.165) is 19.3 Å². The van der Waals surface area contributed by atoms with Gasteiger partial charge < -0.3 is 4.90 Å². The van der Waals surface area contributed by atoms with Crippen LogP contribution in [0.2, 0.25) is 5.02 Å². The summed E-state index contributed by atoms with van der Waals surface area (Å²) in [5, 5.41) is 0.630. The third-order valence-electron chi connectivity index (χ3n) is 4.11. The van der Waals surface area contributed by atoms with Crippen molar-refractivity contribution in [1.29, 1.82) is 0 Å². The molecule has 0 N–H and O–H groups in total. The number of fused-ring (bicyclic) bond motifs is 2. The van der Waals surface area contributed by atoms with E-state index < -0.39 is 0 Å². The molecule has 1 aromatic rings. The smallest absolute Gasteiger partial charge is 0.254 e. The van der Waals surface area contributed by atoms with Gasteiger partial charge in [-0.15, -0.1) is 0 Å². The summed E-state index contributed by atoms with van der Waals surface area (Å²) >= 11 is 5.85. The van der Waals surface area contributed by atoms with Crippen LogP contribution in [0.5, 0.6) is 0 Å². The zero-order valence-electron chi connectivity index (χ0n) is 10.6. The monoisotopic (exact) mass is 277 g/mol. The lowest BCUT2D eigenvalue weighted by molar-refractivity contribution is -0.125. The lowest BCUT2D eigenvalue weighted by Crippen LogP contribution is -2.54. The molecule has 3 nitrogen and oxygen atoms in total. The highest BCUT2D eigenvalue weighted by atomic mass is 35.5. The van der Waals surface area contributed by atoms with Crippen LogP contribution in [-0.4, -0.2) is 28.7 Å². The van der Waals surface area contributed by atoms with Gasteiger partial charge in [-0.25, -0.2) is 0 Å². The SMILES string of the molecule is O=C1CC2CCCC(C1)N2C(=O)c1ccc(Cl)cc1. The molecule has 19 heavy (non-hydrogen) atoms. The molecule has 2 saturated heterocycles. The quantitative estimate of drug-likeness (QED) is 0.791. The van der Waals surface area contributed by atoms with Crippen LogP contribution in [0.4, 0.5) is 0 Å². The minimum absolute atomic E-state index is 0.0406. The molecule has 0 spiro atoms. The maximum Gasteiger partial charge on any atom is 0.254 e. The average Bonchev–Trinajstić information content (AvgIpc) is 2.37. The zero-order chi connectivity index (χ0) is 13.4. The van der Waals surface area contributed by atoms with Crippen molar-refractivity contribution in [3.8, 4) is 0 Å². The maximum atomic E-state index is 12.6. The fourth-order valence-corrected chi connectivity index (χ4v) is 3.37. The third kappa shape index (κ3) is 2.39. The standard InChI is InChI=1S/C15H16ClNO2/c16-11-6-4-10(5-7-11)15(19)17-12-2-1-3-13(17)9-14(18)8-12/h4-7,12-13H,1-3,8-9H2. The van der Waals surface area contributed by atoms with Crippen molar-refractivity contribution < 1.29 is 9.59 Å². The van der Waals surface area contributed by atoms with Crippen LogP contribution in [0.15, 0.2) is 24.3 Å². The summed E-state index contributed by atoms with van der Waals surface area (Å²) in [5.41, 5.74) is 0.663. The van der Waals surface area contributed by atoms with Gasteiger partial charge in [0, 0.05) is 35.5 Å². The number of hydrogen-bond donors (Lipinski definition) is 0. The van der Waals surface area contributed by atoms with Crippen molar-refractivity contribution in [2.75, 3.05) is 0 Å². The van der Waals surface area contributed by atoms with Gasteiger partial charge >= 0.3 is 0 Å². The van der Waals surface area contributed by atoms with E-state index in [2.05, 4.69) is 0 Å². The number of Topliss-reactive ketones (excluding diaryl/α,β-unsaturated/α-hetero) is 1. The number of nitrogens with zero attached hydrogens (tertiary/aromatic N) is 1. The molecular weight excluding hydrogens is 262 g/mol. The minimum Gasteiger partial charge on any atom is -0.332 e. The average molecular weight is 278 g/mol. The lowest BCUT2D eigenvalue weighted by Gasteiger charge is -2.45. The van der Waals surface area contributed by atoms with Crippen molar-refractivity contribution >= 4 is 23.3 Å². The number of piperidine rings is 2. The van der Waals surface area contributed by atoms with Gasteiger partial charge in [-0.3, -0.25) is 9.59 Å². The highest BCUT2D eigenvalue weighted by molar-refractivity contribution is 6.30. The molecule has 2 heterocycles. The van der Waals surface area contributed by atoms with E-state index in [1.54, 1.807) is 24.3 Å². The number of carbonyl (C=O) groups excluding carboxylic acids is 2. The number of benzene rings is 1. The Bertz CT molecular complexity index is 495. The van der Waals surface area contributed by atoms with Crippen LogP contribution in [0, 0.1) is 0 Å². The molecule has 0 aliphatic carbocycles. The van der Waals surface area contributed by atoms with Gasteiger partial charge in [-0.1, -0.05) is 11.6 Å². The number of amides is 1. The fourth-order valence-electron chi connectivity index (χ4n) is 3.25. The Morgan fingerprint density at radius 3 is 2.26 bits per heavy atom. The van der Waals surface area contributed by atoms with E-state index in [0.29, 0.717) is 29.2 Å². The van der Waals surface area contributed by atoms with Gasteiger partial charge in [0.15, 0.2) is 0 Å². The fraction of sp³-hybridized carbons (Fsp3) is 0.467. The van der Waals surface area contributed by atoms with Crippen molar-refractivity contribution in [2.24, 2.45) is 0 Å². The van der Waals surface area contributed by atoms with Gasteiger partial charge in [-0.05, 0) is 43.5 Å². The van der Waals surface area contributed by atoms with Gasteiger partial charge in [0.2, 0.25) is 0 Å². The summed E-state index contributed by atoms with van der Waals surface area (Å²) in [6.45, 7) is 0. The molecule has 100 valence electrons. The van der Waals surface area contributed by atoms with Crippen LogP contribution in [0.3, 0.4) is 0 Å². The number of halogens is 1. The minimum atomic E-state index is 0.0406. The second kappa shape index (κ2) is 4.97. The molecule has 0 aromatic heterocycles. The number of ketones is 1. The molecule has 2 atom stereocenters. The highest BCUT2D eigenvalue weighted by Crippen LogP contribution is 2.33. The molecule has 2 fully saturated rings. The Kier molecular flexibility index (Phi) is 3.31. The van der Waals surface area contributed by atoms with Crippen molar-refractivity contribution in [2.45, 2.75) is 44.2 Å². The maximum absolute atomic E-state index is 12.6. The molecule has 2 unspecified atom stereocenters. The first-order valence-electron chi connectivity index (χ1n) is 6.75. The molecular formula is C15H16ClNO2. The zero-order valence-corrected chi connectivity index (χ0v) is 11.4. The summed E-state index contributed by atoms with van der Waals surface area (Å²) in [4.78, 5) is 26.2. The van der Waals surface area contributed by atoms with Gasteiger partial charge in [-0.2, -0.15) is 0 Å². The summed E-state index contributed by atoms with van der Waals surface area (Å²) in [5.74, 6) is 0.341. The van der Waals surface area contributed by atoms with E-state index in [1.165, 1.54) is 0 Å². The van der Waals surface area contributed by atoms with Crippen LogP contribution in [-0.2, 0) is 4.79 Å². The molecule has 0 radical (unpaired) electrons. The molecule has 2 aliphatic heterocycles. The molecule has 2 bridgehead atoms. The lowest BCUT2D eigenvalue weighted by atomic mass is 9.83. The van der Waals surface area contributed by atoms with Crippen LogP contribution in [0.25, 0.3) is 0 Å². The van der Waals surface area contributed by atoms with Gasteiger partial charge in [0.1, 0.15) is 5.78 Å². The summed E-state index contributed by atoms with van der Waals surface area (Å²) in [6.07, 6.45) is 4.06. The van der Waals surface area contributed by atoms with Crippen LogP contribution < -0.4 is 0 Å². The first-order chi connectivity index (χ1) is 9.15. The first kappa shape index (κ1) is 12.7. The number of carbonyl (C=O) groups is 2. The second-order valence-electron chi connectivity index (χ2n) is 5.40.